The highest BCUT2D eigenvalue weighted by Crippen LogP contribution is 2.40. The molecule has 3 aromatic rings. The summed E-state index contributed by atoms with van der Waals surface area (Å²) in [6.45, 7) is 25.3. The Balaban J connectivity index is 0.972. The fourth-order valence-electron chi connectivity index (χ4n) is 12.2. The molecule has 7 rings (SSSR count). The molecular formula is C64H92N4O4+2. The van der Waals surface area contributed by atoms with Crippen LogP contribution in [0.5, 0.6) is 11.5 Å². The number of hydrogen-bond acceptors (Lipinski definition) is 5. The number of ether oxygens (including phenoxy) is 2. The van der Waals surface area contributed by atoms with Crippen LogP contribution >= 0.6 is 0 Å². The predicted molar refractivity (Wildman–Crippen MR) is 299 cm³/mol. The maximum atomic E-state index is 13.9. The van der Waals surface area contributed by atoms with Crippen molar-refractivity contribution < 1.29 is 32.9 Å². The van der Waals surface area contributed by atoms with Crippen LogP contribution in [0.25, 0.3) is 5.57 Å². The highest BCUT2D eigenvalue weighted by atomic mass is 16.5. The largest absolute Gasteiger partial charge is 0.871 e. The van der Waals surface area contributed by atoms with E-state index in [-0.39, 0.29) is 22.7 Å². The fourth-order valence-corrected chi connectivity index (χ4v) is 12.2. The Hall–Kier alpha value is -4.92. The smallest absolute Gasteiger partial charge is 0.206 e. The molecule has 0 saturated heterocycles. The van der Waals surface area contributed by atoms with E-state index in [1.54, 1.807) is 0 Å². The molecule has 0 bridgehead atoms. The van der Waals surface area contributed by atoms with Gasteiger partial charge in [-0.05, 0) is 190 Å². The second kappa shape index (κ2) is 27.4. The molecule has 72 heavy (non-hydrogen) atoms. The first kappa shape index (κ1) is 54.8. The van der Waals surface area contributed by atoms with Crippen LogP contribution in [0.4, 0.5) is 17.1 Å². The molecule has 0 unspecified atom stereocenters. The number of nitrogens with zero attached hydrogens (tertiary/aromatic N) is 4. The Kier molecular flexibility index (Phi) is 20.9. The van der Waals surface area contributed by atoms with Crippen LogP contribution in [-0.2, 0) is 4.79 Å². The second-order valence-corrected chi connectivity index (χ2v) is 21.4. The quantitative estimate of drug-likeness (QED) is 0.0314. The average molecular weight is 981 g/mol. The minimum atomic E-state index is -0.170. The van der Waals surface area contributed by atoms with E-state index in [0.717, 1.165) is 86.0 Å². The van der Waals surface area contributed by atoms with Gasteiger partial charge in [0.25, 0.3) is 0 Å². The van der Waals surface area contributed by atoms with Crippen molar-refractivity contribution in [2.24, 2.45) is 0 Å². The first-order valence-electron chi connectivity index (χ1n) is 29.0. The standard InChI is InChI=1S/C64H92N4O4/c1-7-67(8-2,9-3)47-23-13-15-25-49-71-59-43-39-57(40-44-59)65(53-27-19-17-20-28-53)55-35-31-51(32-36-55)61-63(69)62(64(61)70)52-33-37-56(38-34-52)66(54-29-21-18-22-30-54)58-41-45-60(46-42-58)72-50-26-16-14-24-48-68(10-4,11-5)12-6/h31-46,53-54H,7-30,47-50H2,1-6H3/q+2. The molecule has 0 N–H and O–H groups in total. The summed E-state index contributed by atoms with van der Waals surface area (Å²) >= 11 is 0. The van der Waals surface area contributed by atoms with Crippen LogP contribution in [0.15, 0.2) is 114 Å². The number of Topliss-reactive ketones (excluding diaryl/α,β-unsaturated/α-hetero) is 1. The van der Waals surface area contributed by atoms with Gasteiger partial charge in [-0.25, -0.2) is 0 Å². The summed E-state index contributed by atoms with van der Waals surface area (Å²) in [5, 5.41) is 13.9. The molecule has 8 heteroatoms. The summed E-state index contributed by atoms with van der Waals surface area (Å²) < 4.78 is 17.4. The lowest BCUT2D eigenvalue weighted by atomic mass is 9.80. The maximum absolute atomic E-state index is 13.9. The van der Waals surface area contributed by atoms with E-state index in [2.05, 4.69) is 124 Å². The Morgan fingerprint density at radius 2 is 0.972 bits per heavy atom. The number of carbonyl (C=O) groups is 1. The zero-order valence-corrected chi connectivity index (χ0v) is 45.6. The zero-order valence-electron chi connectivity index (χ0n) is 45.6. The Morgan fingerprint density at radius 3 is 1.44 bits per heavy atom. The van der Waals surface area contributed by atoms with Crippen molar-refractivity contribution in [3.8, 4) is 11.5 Å². The number of benzene rings is 3. The third-order valence-electron chi connectivity index (χ3n) is 17.5. The van der Waals surface area contributed by atoms with Crippen LogP contribution in [0.2, 0.25) is 0 Å². The normalized spacial score (nSPS) is 16.9. The lowest BCUT2D eigenvalue weighted by Gasteiger charge is -2.37. The Bertz CT molecular complexity index is 2280. The van der Waals surface area contributed by atoms with Crippen molar-refractivity contribution >= 4 is 34.1 Å². The molecule has 4 aliphatic carbocycles. The molecule has 3 aromatic carbocycles. The van der Waals surface area contributed by atoms with Crippen LogP contribution in [0.3, 0.4) is 0 Å². The molecule has 4 aliphatic rings. The number of quaternary nitrogens is 2. The zero-order chi connectivity index (χ0) is 50.8. The van der Waals surface area contributed by atoms with E-state index in [1.165, 1.54) is 138 Å². The minimum Gasteiger partial charge on any atom is -0.871 e. The topological polar surface area (TPSA) is 64.8 Å². The van der Waals surface area contributed by atoms with Gasteiger partial charge < -0.3 is 28.4 Å². The summed E-state index contributed by atoms with van der Waals surface area (Å²) in [5.74, 6) is 1.49. The molecule has 0 spiro atoms. The van der Waals surface area contributed by atoms with Gasteiger partial charge in [-0.3, -0.25) is 4.79 Å². The van der Waals surface area contributed by atoms with Crippen molar-refractivity contribution in [3.05, 3.63) is 120 Å². The van der Waals surface area contributed by atoms with Crippen molar-refractivity contribution in [2.45, 2.75) is 169 Å². The van der Waals surface area contributed by atoms with Crippen LogP contribution in [-0.4, -0.2) is 103 Å². The Labute approximate surface area is 436 Å². The summed E-state index contributed by atoms with van der Waals surface area (Å²) in [5.41, 5.74) is 6.40. The maximum Gasteiger partial charge on any atom is 0.206 e. The fraction of sp³-hybridized carbons (Fsp3) is 0.562. The highest BCUT2D eigenvalue weighted by molar-refractivity contribution is 6.39. The highest BCUT2D eigenvalue weighted by Gasteiger charge is 2.33. The van der Waals surface area contributed by atoms with Gasteiger partial charge >= 0.3 is 0 Å². The average Bonchev–Trinajstić information content (AvgIpc) is 3.43. The van der Waals surface area contributed by atoms with Gasteiger partial charge in [0.2, 0.25) is 11.4 Å². The van der Waals surface area contributed by atoms with Gasteiger partial charge in [-0.15, -0.1) is 0 Å². The lowest BCUT2D eigenvalue weighted by molar-refractivity contribution is -0.923. The van der Waals surface area contributed by atoms with Crippen molar-refractivity contribution in [1.29, 1.82) is 0 Å². The number of hydrogen-bond donors (Lipinski definition) is 0. The molecular weight excluding hydrogens is 889 g/mol. The van der Waals surface area contributed by atoms with Gasteiger partial charge in [0.05, 0.1) is 65.6 Å². The van der Waals surface area contributed by atoms with E-state index < -0.39 is 0 Å². The van der Waals surface area contributed by atoms with Crippen LogP contribution in [0, 0.1) is 0 Å². The number of rotatable bonds is 28. The van der Waals surface area contributed by atoms with Gasteiger partial charge in [0.1, 0.15) is 11.5 Å². The van der Waals surface area contributed by atoms with Crippen molar-refractivity contribution in [1.82, 2.24) is 0 Å². The molecule has 2 saturated carbocycles. The number of carbonyl (C=O) groups excluding carboxylic acids is 1. The third kappa shape index (κ3) is 13.8. The molecule has 0 amide bonds. The lowest BCUT2D eigenvalue weighted by Crippen LogP contribution is -2.48. The van der Waals surface area contributed by atoms with E-state index in [9.17, 15) is 9.90 Å². The molecule has 0 heterocycles. The second-order valence-electron chi connectivity index (χ2n) is 21.4. The number of ketones is 1. The molecule has 390 valence electrons. The summed E-state index contributed by atoms with van der Waals surface area (Å²) in [6, 6.07) is 26.1. The van der Waals surface area contributed by atoms with E-state index in [4.69, 9.17) is 9.47 Å². The van der Waals surface area contributed by atoms with Gasteiger partial charge in [0.15, 0.2) is 11.8 Å². The number of unbranched alkanes of at least 4 members (excludes halogenated alkanes) is 6. The summed E-state index contributed by atoms with van der Waals surface area (Å²) in [6.07, 6.45) is 29.7. The van der Waals surface area contributed by atoms with Gasteiger partial charge in [-0.2, -0.15) is 4.58 Å². The molecule has 8 nitrogen and oxygen atoms in total. The molecule has 2 fully saturated rings. The first-order valence-corrected chi connectivity index (χ1v) is 29.0. The van der Waals surface area contributed by atoms with E-state index >= 15 is 0 Å². The minimum absolute atomic E-state index is 0.170. The first-order chi connectivity index (χ1) is 35.2. The Morgan fingerprint density at radius 1 is 0.528 bits per heavy atom. The number of allylic oxidation sites excluding steroid dienone is 7. The van der Waals surface area contributed by atoms with Crippen molar-refractivity contribution in [2.75, 3.05) is 70.5 Å². The van der Waals surface area contributed by atoms with Crippen LogP contribution < -0.4 is 19.5 Å². The van der Waals surface area contributed by atoms with E-state index in [1.807, 2.05) is 24.3 Å². The molecule has 0 radical (unpaired) electrons. The van der Waals surface area contributed by atoms with Gasteiger partial charge in [-0.1, -0.05) is 43.6 Å². The van der Waals surface area contributed by atoms with Crippen LogP contribution in [0.1, 0.15) is 163 Å². The predicted octanol–water partition coefficient (Wildman–Crippen LogP) is 14.0. The number of anilines is 2. The van der Waals surface area contributed by atoms with E-state index in [0.29, 0.717) is 23.2 Å². The molecule has 0 aromatic heterocycles. The molecule has 0 aliphatic heterocycles. The van der Waals surface area contributed by atoms with Gasteiger partial charge in [0, 0.05) is 65.7 Å². The summed E-state index contributed by atoms with van der Waals surface area (Å²) in [7, 11) is 0. The monoisotopic (exact) mass is 981 g/mol. The SMILES string of the molecule is CC[N+](CC)(CC)CCCCCCOc1ccc(N(c2ccc(C3=C([O-])C(=C4C=CC(=[N+](c5ccc(OCCCCCC[N+](CC)(CC)CC)cc5)C5CCCCC5)C=C4)C3=O)cc2)C2CCCCC2)cc1. The van der Waals surface area contributed by atoms with Crippen molar-refractivity contribution in [3.63, 3.8) is 0 Å². The third-order valence-corrected chi connectivity index (χ3v) is 17.5. The summed E-state index contributed by atoms with van der Waals surface area (Å²) in [4.78, 5) is 16.4. The molecule has 0 atom stereocenters.